The monoisotopic (exact) mass is 281 g/mol. The van der Waals surface area contributed by atoms with Gasteiger partial charge in [0.2, 0.25) is 0 Å². The van der Waals surface area contributed by atoms with Crippen molar-refractivity contribution in [3.63, 3.8) is 0 Å². The second-order valence-corrected chi connectivity index (χ2v) is 4.84. The normalized spacial score (nSPS) is 11.8. The lowest BCUT2D eigenvalue weighted by Crippen LogP contribution is -2.18. The van der Waals surface area contributed by atoms with Crippen LogP contribution in [0.4, 0.5) is 0 Å². The Labute approximate surface area is 96.6 Å². The topological polar surface area (TPSA) is 12.9 Å². The Morgan fingerprint density at radius 2 is 2.08 bits per heavy atom. The molecule has 0 atom stereocenters. The van der Waals surface area contributed by atoms with Crippen LogP contribution < -0.4 is 0 Å². The molecule has 72 valence electrons. The number of pyridine rings is 1. The first-order valence-electron chi connectivity index (χ1n) is 3.85. The van der Waals surface area contributed by atoms with Crippen LogP contribution in [0.2, 0.25) is 10.2 Å². The van der Waals surface area contributed by atoms with E-state index in [2.05, 4.69) is 34.8 Å². The second kappa shape index (κ2) is 4.16. The minimum absolute atomic E-state index is 0.0290. The summed E-state index contributed by atoms with van der Waals surface area (Å²) in [6, 6.07) is 1.86. The van der Waals surface area contributed by atoms with E-state index >= 15 is 0 Å². The molecule has 0 bridgehead atoms. The molecule has 1 heterocycles. The molecule has 0 fully saturated rings. The average Bonchev–Trinajstić information content (AvgIpc) is 2.09. The van der Waals surface area contributed by atoms with Gasteiger partial charge in [-0.05, 0) is 11.6 Å². The molecule has 0 saturated heterocycles. The molecule has 13 heavy (non-hydrogen) atoms. The highest BCUT2D eigenvalue weighted by atomic mass is 79.9. The average molecular weight is 283 g/mol. The predicted molar refractivity (Wildman–Crippen MR) is 61.1 cm³/mol. The Kier molecular flexibility index (Phi) is 3.61. The number of hydrogen-bond donors (Lipinski definition) is 0. The summed E-state index contributed by atoms with van der Waals surface area (Å²) in [6.45, 7) is 4.23. The zero-order valence-corrected chi connectivity index (χ0v) is 10.5. The first-order valence-corrected chi connectivity index (χ1v) is 5.72. The highest BCUT2D eigenvalue weighted by Crippen LogP contribution is 2.29. The van der Waals surface area contributed by atoms with Gasteiger partial charge in [0.05, 0.1) is 5.02 Å². The highest BCUT2D eigenvalue weighted by Gasteiger charge is 2.20. The molecule has 0 radical (unpaired) electrons. The molecule has 1 aromatic rings. The van der Waals surface area contributed by atoms with Crippen LogP contribution in [0.15, 0.2) is 12.3 Å². The minimum atomic E-state index is 0.0290. The minimum Gasteiger partial charge on any atom is -0.243 e. The van der Waals surface area contributed by atoms with Crippen LogP contribution in [-0.2, 0) is 5.41 Å². The van der Waals surface area contributed by atoms with Crippen LogP contribution >= 0.6 is 39.1 Å². The molecule has 0 aliphatic heterocycles. The third kappa shape index (κ3) is 2.58. The third-order valence-electron chi connectivity index (χ3n) is 1.91. The van der Waals surface area contributed by atoms with E-state index in [4.69, 9.17) is 23.2 Å². The first kappa shape index (κ1) is 11.3. The highest BCUT2D eigenvalue weighted by molar-refractivity contribution is 9.09. The van der Waals surface area contributed by atoms with E-state index in [9.17, 15) is 0 Å². The summed E-state index contributed by atoms with van der Waals surface area (Å²) in [5, 5.41) is 1.73. The van der Waals surface area contributed by atoms with E-state index < -0.39 is 0 Å². The van der Waals surface area contributed by atoms with E-state index in [1.807, 2.05) is 6.07 Å². The molecule has 0 amide bonds. The first-order chi connectivity index (χ1) is 5.97. The quantitative estimate of drug-likeness (QED) is 0.589. The zero-order chi connectivity index (χ0) is 10.1. The fourth-order valence-corrected chi connectivity index (χ4v) is 1.46. The Morgan fingerprint density at radius 1 is 1.46 bits per heavy atom. The molecule has 0 unspecified atom stereocenters. The van der Waals surface area contributed by atoms with Crippen LogP contribution in [0.1, 0.15) is 19.4 Å². The van der Waals surface area contributed by atoms with Crippen molar-refractivity contribution in [2.75, 3.05) is 5.33 Å². The lowest BCUT2D eigenvalue weighted by atomic mass is 9.88. The maximum absolute atomic E-state index is 5.87. The van der Waals surface area contributed by atoms with Crippen LogP contribution in [0.5, 0.6) is 0 Å². The van der Waals surface area contributed by atoms with Crippen molar-refractivity contribution in [1.82, 2.24) is 4.98 Å². The zero-order valence-electron chi connectivity index (χ0n) is 7.44. The van der Waals surface area contributed by atoms with Gasteiger partial charge in [-0.2, -0.15) is 0 Å². The molecule has 0 N–H and O–H groups in total. The largest absolute Gasteiger partial charge is 0.243 e. The van der Waals surface area contributed by atoms with Gasteiger partial charge in [-0.1, -0.05) is 53.0 Å². The molecule has 0 spiro atoms. The van der Waals surface area contributed by atoms with Gasteiger partial charge in [0, 0.05) is 16.9 Å². The standard InChI is InChI=1S/C9H10BrCl2N/c1-9(2,5-10)6-3-7(11)8(12)13-4-6/h3-4H,5H2,1-2H3. The third-order valence-corrected chi connectivity index (χ3v) is 4.00. The van der Waals surface area contributed by atoms with Crippen molar-refractivity contribution < 1.29 is 0 Å². The van der Waals surface area contributed by atoms with Crippen molar-refractivity contribution >= 4 is 39.1 Å². The van der Waals surface area contributed by atoms with Crippen molar-refractivity contribution in [2.45, 2.75) is 19.3 Å². The van der Waals surface area contributed by atoms with E-state index in [0.717, 1.165) is 10.9 Å². The van der Waals surface area contributed by atoms with Gasteiger partial charge in [-0.25, -0.2) is 4.98 Å². The molecule has 0 aromatic carbocycles. The Bertz CT molecular complexity index is 312. The summed E-state index contributed by atoms with van der Waals surface area (Å²) in [7, 11) is 0. The fraction of sp³-hybridized carbons (Fsp3) is 0.444. The van der Waals surface area contributed by atoms with Crippen molar-refractivity contribution in [3.05, 3.63) is 28.0 Å². The molecule has 0 saturated carbocycles. The van der Waals surface area contributed by atoms with Crippen LogP contribution in [0.3, 0.4) is 0 Å². The van der Waals surface area contributed by atoms with Crippen molar-refractivity contribution in [1.29, 1.82) is 0 Å². The summed E-state index contributed by atoms with van der Waals surface area (Å²) in [5.41, 5.74) is 1.11. The molecule has 1 aromatic heterocycles. The number of nitrogens with zero attached hydrogens (tertiary/aromatic N) is 1. The van der Waals surface area contributed by atoms with Crippen molar-refractivity contribution in [2.24, 2.45) is 0 Å². The molecule has 4 heteroatoms. The van der Waals surface area contributed by atoms with E-state index in [1.54, 1.807) is 6.20 Å². The molecule has 0 aliphatic rings. The molecular formula is C9H10BrCl2N. The summed E-state index contributed by atoms with van der Waals surface area (Å²) in [5.74, 6) is 0. The van der Waals surface area contributed by atoms with Crippen LogP contribution in [-0.4, -0.2) is 10.3 Å². The van der Waals surface area contributed by atoms with Gasteiger partial charge in [-0.3, -0.25) is 0 Å². The van der Waals surface area contributed by atoms with Gasteiger partial charge >= 0.3 is 0 Å². The van der Waals surface area contributed by atoms with Crippen LogP contribution in [0.25, 0.3) is 0 Å². The molecule has 1 rings (SSSR count). The van der Waals surface area contributed by atoms with Crippen LogP contribution in [0, 0.1) is 0 Å². The number of alkyl halides is 1. The number of aromatic nitrogens is 1. The molecular weight excluding hydrogens is 273 g/mol. The van der Waals surface area contributed by atoms with Crippen molar-refractivity contribution in [3.8, 4) is 0 Å². The smallest absolute Gasteiger partial charge is 0.147 e. The number of rotatable bonds is 2. The number of halogens is 3. The predicted octanol–water partition coefficient (Wildman–Crippen LogP) is 4.06. The van der Waals surface area contributed by atoms with Gasteiger partial charge in [0.15, 0.2) is 0 Å². The SMILES string of the molecule is CC(C)(CBr)c1cnc(Cl)c(Cl)c1. The summed E-state index contributed by atoms with van der Waals surface area (Å²) < 4.78 is 0. The van der Waals surface area contributed by atoms with E-state index in [0.29, 0.717) is 10.2 Å². The fourth-order valence-electron chi connectivity index (χ4n) is 0.868. The van der Waals surface area contributed by atoms with E-state index in [1.165, 1.54) is 0 Å². The molecule has 1 nitrogen and oxygen atoms in total. The van der Waals surface area contributed by atoms with Gasteiger partial charge < -0.3 is 0 Å². The summed E-state index contributed by atoms with van der Waals surface area (Å²) in [6.07, 6.45) is 1.76. The lowest BCUT2D eigenvalue weighted by Gasteiger charge is -2.21. The lowest BCUT2D eigenvalue weighted by molar-refractivity contribution is 0.604. The number of hydrogen-bond acceptors (Lipinski definition) is 1. The summed E-state index contributed by atoms with van der Waals surface area (Å²) >= 11 is 15.0. The Balaban J connectivity index is 3.10. The maximum Gasteiger partial charge on any atom is 0.147 e. The second-order valence-electron chi connectivity index (χ2n) is 3.51. The summed E-state index contributed by atoms with van der Waals surface area (Å²) in [4.78, 5) is 4.01. The van der Waals surface area contributed by atoms with Gasteiger partial charge in [0.25, 0.3) is 0 Å². The van der Waals surface area contributed by atoms with E-state index in [-0.39, 0.29) is 5.41 Å². The Morgan fingerprint density at radius 3 is 2.54 bits per heavy atom. The van der Waals surface area contributed by atoms with Gasteiger partial charge in [0.1, 0.15) is 5.15 Å². The Hall–Kier alpha value is 0.210. The maximum atomic E-state index is 5.87. The van der Waals surface area contributed by atoms with Gasteiger partial charge in [-0.15, -0.1) is 0 Å². The molecule has 0 aliphatic carbocycles.